The molecule has 1 atom stereocenters. The largest absolute Gasteiger partial charge is 0.442 e. The molecular formula is C11H8BrF3N2S. The first-order chi connectivity index (χ1) is 8.37. The van der Waals surface area contributed by atoms with Crippen molar-refractivity contribution in [1.82, 2.24) is 9.97 Å². The van der Waals surface area contributed by atoms with Crippen molar-refractivity contribution in [2.45, 2.75) is 17.7 Å². The fraction of sp³-hybridized carbons (Fsp3) is 0.273. The van der Waals surface area contributed by atoms with Gasteiger partial charge in [0.1, 0.15) is 6.33 Å². The number of fused-ring (bicyclic) bond motifs is 1. The molecule has 0 aliphatic heterocycles. The second-order valence-electron chi connectivity index (χ2n) is 3.63. The second-order valence-corrected chi connectivity index (χ2v) is 5.95. The number of aromatic nitrogens is 2. The molecule has 0 aliphatic carbocycles. The maximum Gasteiger partial charge on any atom is 0.442 e. The molecule has 2 aromatic rings. The number of nitrogens with zero attached hydrogens (tertiary/aromatic N) is 2. The van der Waals surface area contributed by atoms with E-state index in [9.17, 15) is 13.2 Å². The van der Waals surface area contributed by atoms with Crippen LogP contribution in [0.1, 0.15) is 17.9 Å². The molecule has 1 aromatic carbocycles. The summed E-state index contributed by atoms with van der Waals surface area (Å²) < 4.78 is 37.9. The van der Waals surface area contributed by atoms with E-state index in [1.54, 1.807) is 18.2 Å². The Morgan fingerprint density at radius 1 is 1.28 bits per heavy atom. The number of hydrogen-bond acceptors (Lipinski definition) is 3. The predicted octanol–water partition coefficient (Wildman–Crippen LogP) is 4.71. The fourth-order valence-electron chi connectivity index (χ4n) is 1.63. The molecule has 0 aliphatic rings. The van der Waals surface area contributed by atoms with Crippen molar-refractivity contribution in [1.29, 1.82) is 0 Å². The van der Waals surface area contributed by atoms with E-state index in [4.69, 9.17) is 0 Å². The number of thioether (sulfide) groups is 1. The Balaban J connectivity index is 2.47. The van der Waals surface area contributed by atoms with Crippen molar-refractivity contribution < 1.29 is 13.2 Å². The summed E-state index contributed by atoms with van der Waals surface area (Å²) in [6.45, 7) is 1.49. The van der Waals surface area contributed by atoms with Gasteiger partial charge in [-0.2, -0.15) is 13.2 Å². The molecule has 0 N–H and O–H groups in total. The zero-order valence-electron chi connectivity index (χ0n) is 9.20. The Bertz CT molecular complexity index is 574. The standard InChI is InChI=1S/C11H8BrF3N2S/c1-6(18-11(13,14)15)10-8-4-7(12)2-3-9(8)16-5-17-10/h2-6H,1H3. The van der Waals surface area contributed by atoms with Gasteiger partial charge >= 0.3 is 5.51 Å². The maximum absolute atomic E-state index is 12.4. The highest BCUT2D eigenvalue weighted by Crippen LogP contribution is 2.42. The van der Waals surface area contributed by atoms with Crippen LogP contribution in [0.4, 0.5) is 13.2 Å². The SMILES string of the molecule is CC(SC(F)(F)F)c1ncnc2ccc(Br)cc12. The first-order valence-electron chi connectivity index (χ1n) is 5.01. The number of alkyl halides is 3. The van der Waals surface area contributed by atoms with Gasteiger partial charge < -0.3 is 0 Å². The van der Waals surface area contributed by atoms with Crippen molar-refractivity contribution in [3.05, 3.63) is 34.7 Å². The molecule has 18 heavy (non-hydrogen) atoms. The molecule has 0 spiro atoms. The molecule has 7 heteroatoms. The van der Waals surface area contributed by atoms with Crippen LogP contribution in [0.5, 0.6) is 0 Å². The molecule has 2 nitrogen and oxygen atoms in total. The molecule has 96 valence electrons. The van der Waals surface area contributed by atoms with Gasteiger partial charge in [-0.3, -0.25) is 0 Å². The van der Waals surface area contributed by atoms with Crippen molar-refractivity contribution in [2.75, 3.05) is 0 Å². The molecule has 0 fully saturated rings. The lowest BCUT2D eigenvalue weighted by atomic mass is 10.1. The van der Waals surface area contributed by atoms with E-state index in [1.807, 2.05) is 0 Å². The van der Waals surface area contributed by atoms with Crippen LogP contribution in [0, 0.1) is 0 Å². The summed E-state index contributed by atoms with van der Waals surface area (Å²) in [5.41, 5.74) is -3.25. The number of hydrogen-bond donors (Lipinski definition) is 0. The van der Waals surface area contributed by atoms with Crippen LogP contribution in [-0.4, -0.2) is 15.5 Å². The van der Waals surface area contributed by atoms with Gasteiger partial charge in [-0.05, 0) is 36.9 Å². The van der Waals surface area contributed by atoms with Gasteiger partial charge in [-0.1, -0.05) is 15.9 Å². The van der Waals surface area contributed by atoms with Gasteiger partial charge in [0, 0.05) is 9.86 Å². The van der Waals surface area contributed by atoms with E-state index < -0.39 is 10.8 Å². The Hall–Kier alpha value is -0.820. The van der Waals surface area contributed by atoms with Crippen LogP contribution in [0.3, 0.4) is 0 Å². The summed E-state index contributed by atoms with van der Waals surface area (Å²) >= 11 is 3.22. The van der Waals surface area contributed by atoms with Crippen molar-refractivity contribution >= 4 is 38.6 Å². The number of benzene rings is 1. The first kappa shape index (κ1) is 13.6. The van der Waals surface area contributed by atoms with Gasteiger partial charge in [0.05, 0.1) is 16.5 Å². The van der Waals surface area contributed by atoms with E-state index in [2.05, 4.69) is 25.9 Å². The summed E-state index contributed by atoms with van der Waals surface area (Å²) in [6, 6.07) is 5.27. The van der Waals surface area contributed by atoms with Crippen molar-refractivity contribution in [2.24, 2.45) is 0 Å². The highest BCUT2D eigenvalue weighted by molar-refractivity contribution is 9.10. The summed E-state index contributed by atoms with van der Waals surface area (Å²) in [7, 11) is 0. The number of rotatable bonds is 2. The lowest BCUT2D eigenvalue weighted by Crippen LogP contribution is -2.05. The Kier molecular flexibility index (Phi) is 3.82. The third kappa shape index (κ3) is 3.14. The second kappa shape index (κ2) is 5.05. The highest BCUT2D eigenvalue weighted by atomic mass is 79.9. The average Bonchev–Trinajstić information content (AvgIpc) is 2.25. The molecule has 0 amide bonds. The van der Waals surface area contributed by atoms with Gasteiger partial charge in [-0.15, -0.1) is 0 Å². The summed E-state index contributed by atoms with van der Waals surface area (Å²) in [5.74, 6) is 0. The topological polar surface area (TPSA) is 25.8 Å². The molecule has 0 saturated carbocycles. The normalized spacial score (nSPS) is 13.8. The zero-order valence-corrected chi connectivity index (χ0v) is 11.6. The van der Waals surface area contributed by atoms with Gasteiger partial charge in [0.15, 0.2) is 0 Å². The Labute approximate surface area is 114 Å². The third-order valence-corrected chi connectivity index (χ3v) is 3.66. The fourth-order valence-corrected chi connectivity index (χ4v) is 2.69. The molecule has 0 saturated heterocycles. The van der Waals surface area contributed by atoms with Crippen LogP contribution in [0.25, 0.3) is 10.9 Å². The van der Waals surface area contributed by atoms with E-state index in [1.165, 1.54) is 13.3 Å². The molecular weight excluding hydrogens is 329 g/mol. The van der Waals surface area contributed by atoms with Crippen molar-refractivity contribution in [3.8, 4) is 0 Å². The van der Waals surface area contributed by atoms with E-state index >= 15 is 0 Å². The van der Waals surface area contributed by atoms with Gasteiger partial charge in [0.2, 0.25) is 0 Å². The first-order valence-corrected chi connectivity index (χ1v) is 6.69. The van der Waals surface area contributed by atoms with E-state index in [-0.39, 0.29) is 11.8 Å². The minimum absolute atomic E-state index is 0.0751. The van der Waals surface area contributed by atoms with Crippen LogP contribution < -0.4 is 0 Å². The van der Waals surface area contributed by atoms with Crippen molar-refractivity contribution in [3.63, 3.8) is 0 Å². The highest BCUT2D eigenvalue weighted by Gasteiger charge is 2.32. The smallest absolute Gasteiger partial charge is 0.240 e. The van der Waals surface area contributed by atoms with Crippen LogP contribution in [0.15, 0.2) is 29.0 Å². The molecule has 0 radical (unpaired) electrons. The molecule has 2 rings (SSSR count). The van der Waals surface area contributed by atoms with E-state index in [0.717, 1.165) is 4.47 Å². The zero-order chi connectivity index (χ0) is 13.3. The molecule has 1 unspecified atom stereocenters. The van der Waals surface area contributed by atoms with Crippen LogP contribution in [-0.2, 0) is 0 Å². The summed E-state index contributed by atoms with van der Waals surface area (Å²) in [5, 5.41) is -0.138. The van der Waals surface area contributed by atoms with Crippen LogP contribution >= 0.6 is 27.7 Å². The number of halogens is 4. The van der Waals surface area contributed by atoms with Crippen LogP contribution in [0.2, 0.25) is 0 Å². The lowest BCUT2D eigenvalue weighted by molar-refractivity contribution is -0.0333. The summed E-state index contributed by atoms with van der Waals surface area (Å²) in [4.78, 5) is 8.02. The summed E-state index contributed by atoms with van der Waals surface area (Å²) in [6.07, 6.45) is 1.29. The minimum Gasteiger partial charge on any atom is -0.240 e. The minimum atomic E-state index is -4.28. The quantitative estimate of drug-likeness (QED) is 0.794. The third-order valence-electron chi connectivity index (χ3n) is 2.32. The predicted molar refractivity (Wildman–Crippen MR) is 69.3 cm³/mol. The van der Waals surface area contributed by atoms with E-state index in [0.29, 0.717) is 16.6 Å². The molecule has 1 aromatic heterocycles. The maximum atomic E-state index is 12.4. The monoisotopic (exact) mass is 336 g/mol. The Morgan fingerprint density at radius 2 is 2.00 bits per heavy atom. The van der Waals surface area contributed by atoms with Gasteiger partial charge in [0.25, 0.3) is 0 Å². The lowest BCUT2D eigenvalue weighted by Gasteiger charge is -2.14. The van der Waals surface area contributed by atoms with Gasteiger partial charge in [-0.25, -0.2) is 9.97 Å². The Morgan fingerprint density at radius 3 is 2.67 bits per heavy atom. The molecule has 1 heterocycles. The molecule has 0 bridgehead atoms. The average molecular weight is 337 g/mol.